The summed E-state index contributed by atoms with van der Waals surface area (Å²) in [6, 6.07) is 3.94. The molecule has 3 N–H and O–H groups in total. The molecule has 136 valence electrons. The molecule has 5 heteroatoms. The molecule has 0 fully saturated rings. The number of H-pyrrole nitrogens is 1. The molecule has 1 aliphatic heterocycles. The molecule has 1 aromatic heterocycles. The van der Waals surface area contributed by atoms with Crippen LogP contribution in [-0.2, 0) is 0 Å². The van der Waals surface area contributed by atoms with Crippen molar-refractivity contribution in [1.29, 1.82) is 5.26 Å². The number of ether oxygens (including phenoxy) is 1. The van der Waals surface area contributed by atoms with Crippen LogP contribution in [0.25, 0.3) is 0 Å². The minimum Gasteiger partial charge on any atom is -0.440 e. The summed E-state index contributed by atoms with van der Waals surface area (Å²) in [5.41, 5.74) is 7.41. The van der Waals surface area contributed by atoms with Gasteiger partial charge in [-0.1, -0.05) is 52.4 Å². The van der Waals surface area contributed by atoms with E-state index in [4.69, 9.17) is 10.5 Å². The van der Waals surface area contributed by atoms with Crippen LogP contribution in [0.3, 0.4) is 0 Å². The number of hydrogen-bond acceptors (Lipinski definition) is 4. The van der Waals surface area contributed by atoms with Gasteiger partial charge < -0.3 is 15.5 Å². The zero-order valence-corrected chi connectivity index (χ0v) is 15.5. The van der Waals surface area contributed by atoms with Crippen LogP contribution >= 0.6 is 0 Å². The number of allylic oxidation sites excluding steroid dienone is 1. The minimum atomic E-state index is -0.297. The number of hydrogen-bond donors (Lipinski definition) is 2. The van der Waals surface area contributed by atoms with Crippen molar-refractivity contribution in [3.63, 3.8) is 0 Å². The van der Waals surface area contributed by atoms with E-state index < -0.39 is 0 Å². The van der Waals surface area contributed by atoms with E-state index in [1.165, 1.54) is 32.1 Å². The van der Waals surface area contributed by atoms with Gasteiger partial charge in [-0.05, 0) is 19.3 Å². The average molecular weight is 343 g/mol. The Balaban J connectivity index is 2.17. The lowest BCUT2D eigenvalue weighted by atomic mass is 9.78. The number of nitrogens with zero attached hydrogens (tertiary/aromatic N) is 1. The third kappa shape index (κ3) is 4.45. The first kappa shape index (κ1) is 19.1. The first-order chi connectivity index (χ1) is 12.0. The Morgan fingerprint density at radius 3 is 2.68 bits per heavy atom. The van der Waals surface area contributed by atoms with Crippen molar-refractivity contribution in [3.05, 3.63) is 39.1 Å². The topological polar surface area (TPSA) is 91.9 Å². The summed E-state index contributed by atoms with van der Waals surface area (Å²) >= 11 is 0. The highest BCUT2D eigenvalue weighted by Gasteiger charge is 2.35. The summed E-state index contributed by atoms with van der Waals surface area (Å²) in [5, 5.41) is 9.54. The monoisotopic (exact) mass is 343 g/mol. The Hall–Kier alpha value is -2.22. The lowest BCUT2D eigenvalue weighted by molar-refractivity contribution is 0.352. The molecule has 1 aliphatic rings. The van der Waals surface area contributed by atoms with Crippen LogP contribution in [0.15, 0.2) is 22.3 Å². The highest BCUT2D eigenvalue weighted by molar-refractivity contribution is 5.49. The van der Waals surface area contributed by atoms with Crippen molar-refractivity contribution >= 4 is 0 Å². The Bertz CT molecular complexity index is 727. The van der Waals surface area contributed by atoms with Crippen LogP contribution in [-0.4, -0.2) is 4.98 Å². The Labute approximate surface area is 149 Å². The predicted molar refractivity (Wildman–Crippen MR) is 99.2 cm³/mol. The van der Waals surface area contributed by atoms with Crippen LogP contribution in [0.4, 0.5) is 0 Å². The third-order valence-corrected chi connectivity index (χ3v) is 4.98. The Morgan fingerprint density at radius 2 is 2.00 bits per heavy atom. The number of pyridine rings is 1. The maximum absolute atomic E-state index is 12.5. The van der Waals surface area contributed by atoms with Gasteiger partial charge in [-0.2, -0.15) is 5.26 Å². The second-order valence-corrected chi connectivity index (χ2v) is 7.06. The number of aryl methyl sites for hydroxylation is 1. The zero-order valence-electron chi connectivity index (χ0n) is 15.5. The molecule has 0 saturated carbocycles. The van der Waals surface area contributed by atoms with E-state index in [1.807, 2.05) is 0 Å². The highest BCUT2D eigenvalue weighted by atomic mass is 16.5. The van der Waals surface area contributed by atoms with Crippen molar-refractivity contribution in [2.24, 2.45) is 11.7 Å². The molecule has 2 heterocycles. The normalized spacial score (nSPS) is 17.6. The molecule has 5 nitrogen and oxygen atoms in total. The van der Waals surface area contributed by atoms with Crippen molar-refractivity contribution in [2.45, 2.75) is 71.6 Å². The second kappa shape index (κ2) is 8.75. The van der Waals surface area contributed by atoms with Crippen LogP contribution < -0.4 is 16.0 Å². The number of unbranched alkanes of at least 4 members (excludes halogenated alkanes) is 5. The lowest BCUT2D eigenvalue weighted by Gasteiger charge is -2.29. The maximum Gasteiger partial charge on any atom is 0.255 e. The molecule has 0 spiro atoms. The summed E-state index contributed by atoms with van der Waals surface area (Å²) in [6.07, 6.45) is 8.30. The average Bonchev–Trinajstić information content (AvgIpc) is 2.56. The van der Waals surface area contributed by atoms with E-state index in [-0.39, 0.29) is 23.3 Å². The summed E-state index contributed by atoms with van der Waals surface area (Å²) < 4.78 is 5.56. The zero-order chi connectivity index (χ0) is 18.4. The minimum absolute atomic E-state index is 0.125. The number of aromatic amines is 1. The predicted octanol–water partition coefficient (Wildman–Crippen LogP) is 4.24. The smallest absolute Gasteiger partial charge is 0.255 e. The SMILES string of the molecule is CCCCCCCC[C@@H](C)[C@@H]1C(C#N)=C(N)Oc2cc(C)[nH]c(=O)c21. The number of nitrogens with one attached hydrogen (secondary N) is 1. The molecule has 0 amide bonds. The molecule has 0 aliphatic carbocycles. The van der Waals surface area contributed by atoms with E-state index in [1.54, 1.807) is 13.0 Å². The van der Waals surface area contributed by atoms with Gasteiger partial charge in [0.15, 0.2) is 0 Å². The quantitative estimate of drug-likeness (QED) is 0.691. The standard InChI is InChI=1S/C20H29N3O2/c1-4-5-6-7-8-9-10-13(2)17-15(12-21)19(22)25-16-11-14(3)23-20(24)18(16)17/h11,13,17H,4-10,22H2,1-3H3,(H,23,24)/t13-,17-/m1/s1. The molecular weight excluding hydrogens is 314 g/mol. The summed E-state index contributed by atoms with van der Waals surface area (Å²) in [4.78, 5) is 15.3. The lowest BCUT2D eigenvalue weighted by Crippen LogP contribution is -2.30. The number of nitriles is 1. The molecule has 2 rings (SSSR count). The van der Waals surface area contributed by atoms with Crippen molar-refractivity contribution in [1.82, 2.24) is 4.98 Å². The van der Waals surface area contributed by atoms with Gasteiger partial charge in [0.25, 0.3) is 5.56 Å². The molecule has 0 radical (unpaired) electrons. The summed E-state index contributed by atoms with van der Waals surface area (Å²) in [6.45, 7) is 6.11. The molecule has 1 aromatic rings. The van der Waals surface area contributed by atoms with Crippen molar-refractivity contribution in [2.75, 3.05) is 0 Å². The van der Waals surface area contributed by atoms with E-state index in [2.05, 4.69) is 24.9 Å². The first-order valence-electron chi connectivity index (χ1n) is 9.31. The number of aromatic nitrogens is 1. The van der Waals surface area contributed by atoms with Crippen LogP contribution in [0.1, 0.15) is 76.0 Å². The van der Waals surface area contributed by atoms with Crippen molar-refractivity contribution < 1.29 is 4.74 Å². The molecular formula is C20H29N3O2. The molecule has 0 bridgehead atoms. The van der Waals surface area contributed by atoms with Crippen LogP contribution in [0.5, 0.6) is 5.75 Å². The van der Waals surface area contributed by atoms with Gasteiger partial charge in [-0.25, -0.2) is 0 Å². The molecule has 0 saturated heterocycles. The van der Waals surface area contributed by atoms with Gasteiger partial charge in [0.2, 0.25) is 5.88 Å². The van der Waals surface area contributed by atoms with Gasteiger partial charge in [0, 0.05) is 17.7 Å². The molecule has 2 atom stereocenters. The third-order valence-electron chi connectivity index (χ3n) is 4.98. The fourth-order valence-corrected chi connectivity index (χ4v) is 3.63. The second-order valence-electron chi connectivity index (χ2n) is 7.06. The van der Waals surface area contributed by atoms with Gasteiger partial charge in [-0.15, -0.1) is 0 Å². The fourth-order valence-electron chi connectivity index (χ4n) is 3.63. The molecule has 25 heavy (non-hydrogen) atoms. The van der Waals surface area contributed by atoms with Gasteiger partial charge in [0.05, 0.1) is 11.1 Å². The first-order valence-corrected chi connectivity index (χ1v) is 9.31. The fraction of sp³-hybridized carbons (Fsp3) is 0.600. The van der Waals surface area contributed by atoms with E-state index in [9.17, 15) is 10.1 Å². The van der Waals surface area contributed by atoms with Crippen LogP contribution in [0, 0.1) is 24.2 Å². The molecule has 0 aromatic carbocycles. The van der Waals surface area contributed by atoms with Gasteiger partial charge in [-0.3, -0.25) is 4.79 Å². The summed E-state index contributed by atoms with van der Waals surface area (Å²) in [7, 11) is 0. The highest BCUT2D eigenvalue weighted by Crippen LogP contribution is 2.41. The van der Waals surface area contributed by atoms with Gasteiger partial charge in [0.1, 0.15) is 11.8 Å². The molecule has 0 unspecified atom stereocenters. The Kier molecular flexibility index (Phi) is 6.69. The van der Waals surface area contributed by atoms with E-state index >= 15 is 0 Å². The number of fused-ring (bicyclic) bond motifs is 1. The Morgan fingerprint density at radius 1 is 1.32 bits per heavy atom. The van der Waals surface area contributed by atoms with Gasteiger partial charge >= 0.3 is 0 Å². The van der Waals surface area contributed by atoms with Crippen molar-refractivity contribution in [3.8, 4) is 11.8 Å². The van der Waals surface area contributed by atoms with E-state index in [0.29, 0.717) is 16.9 Å². The number of nitrogens with two attached hydrogens (primary N) is 1. The summed E-state index contributed by atoms with van der Waals surface area (Å²) in [5.74, 6) is 0.469. The van der Waals surface area contributed by atoms with E-state index in [0.717, 1.165) is 18.5 Å². The maximum atomic E-state index is 12.5. The number of rotatable bonds is 8. The van der Waals surface area contributed by atoms with Crippen LogP contribution in [0.2, 0.25) is 0 Å². The largest absolute Gasteiger partial charge is 0.440 e.